The van der Waals surface area contributed by atoms with Gasteiger partial charge in [0.05, 0.1) is 11.5 Å². The number of sulfonamides is 1. The quantitative estimate of drug-likeness (QED) is 0.608. The first-order valence-corrected chi connectivity index (χ1v) is 11.5. The van der Waals surface area contributed by atoms with Crippen molar-refractivity contribution in [2.24, 2.45) is 0 Å². The van der Waals surface area contributed by atoms with Crippen molar-refractivity contribution < 1.29 is 13.5 Å². The summed E-state index contributed by atoms with van der Waals surface area (Å²) >= 11 is 0. The van der Waals surface area contributed by atoms with Crippen LogP contribution in [0.5, 0.6) is 0 Å². The first-order valence-electron chi connectivity index (χ1n) is 10.0. The number of aliphatic hydroxyl groups is 1. The molecule has 1 fully saturated rings. The topological polar surface area (TPSA) is 82.5 Å². The fourth-order valence-electron chi connectivity index (χ4n) is 3.79. The minimum atomic E-state index is -3.58. The summed E-state index contributed by atoms with van der Waals surface area (Å²) in [4.78, 5) is 4.43. The summed E-state index contributed by atoms with van der Waals surface area (Å²) in [5.74, 6) is 0. The number of hydrogen-bond acceptors (Lipinski definition) is 5. The van der Waals surface area contributed by atoms with Crippen LogP contribution < -0.4 is 5.32 Å². The van der Waals surface area contributed by atoms with Gasteiger partial charge in [-0.05, 0) is 65.9 Å². The van der Waals surface area contributed by atoms with Gasteiger partial charge in [-0.3, -0.25) is 4.98 Å². The lowest BCUT2D eigenvalue weighted by molar-refractivity contribution is 0.213. The monoisotopic (exact) mass is 423 g/mol. The number of aromatic nitrogens is 1. The lowest BCUT2D eigenvalue weighted by Crippen LogP contribution is -2.37. The van der Waals surface area contributed by atoms with E-state index in [4.69, 9.17) is 0 Å². The number of nitrogens with zero attached hydrogens (tertiary/aromatic N) is 2. The van der Waals surface area contributed by atoms with Gasteiger partial charge >= 0.3 is 0 Å². The first-order chi connectivity index (χ1) is 14.6. The Bertz CT molecular complexity index is 1090. The molecule has 2 aromatic carbocycles. The zero-order valence-corrected chi connectivity index (χ0v) is 17.4. The van der Waals surface area contributed by atoms with E-state index in [1.165, 1.54) is 4.31 Å². The van der Waals surface area contributed by atoms with Gasteiger partial charge < -0.3 is 10.4 Å². The van der Waals surface area contributed by atoms with Crippen LogP contribution in [0.4, 0.5) is 5.69 Å². The van der Waals surface area contributed by atoms with Gasteiger partial charge in [-0.2, -0.15) is 4.31 Å². The number of pyridine rings is 1. The first kappa shape index (κ1) is 20.5. The van der Waals surface area contributed by atoms with Crippen LogP contribution in [0, 0.1) is 0 Å². The van der Waals surface area contributed by atoms with E-state index in [-0.39, 0.29) is 17.5 Å². The molecule has 30 heavy (non-hydrogen) atoms. The summed E-state index contributed by atoms with van der Waals surface area (Å²) < 4.78 is 27.1. The number of aliphatic hydroxyl groups excluding tert-OH is 1. The maximum Gasteiger partial charge on any atom is 0.243 e. The molecule has 4 rings (SSSR count). The third-order valence-corrected chi connectivity index (χ3v) is 7.38. The molecule has 1 aliphatic heterocycles. The molecule has 0 bridgehead atoms. The number of hydrogen-bond donors (Lipinski definition) is 2. The number of benzene rings is 2. The Kier molecular flexibility index (Phi) is 6.13. The van der Waals surface area contributed by atoms with Crippen molar-refractivity contribution in [2.45, 2.75) is 30.3 Å². The number of nitrogens with one attached hydrogen (secondary N) is 1. The summed E-state index contributed by atoms with van der Waals surface area (Å²) in [5.41, 5.74) is 4.14. The van der Waals surface area contributed by atoms with Crippen LogP contribution in [0.3, 0.4) is 0 Å². The highest BCUT2D eigenvalue weighted by atomic mass is 32.2. The van der Waals surface area contributed by atoms with Crippen molar-refractivity contribution in [2.75, 3.05) is 18.5 Å². The van der Waals surface area contributed by atoms with Gasteiger partial charge in [-0.1, -0.05) is 24.3 Å². The minimum absolute atomic E-state index is 0.142. The molecule has 7 heteroatoms. The normalized spacial score (nSPS) is 17.2. The highest BCUT2D eigenvalue weighted by Gasteiger charge is 2.34. The smallest absolute Gasteiger partial charge is 0.243 e. The van der Waals surface area contributed by atoms with E-state index in [0.717, 1.165) is 28.8 Å². The molecule has 2 heterocycles. The van der Waals surface area contributed by atoms with Crippen molar-refractivity contribution in [3.63, 3.8) is 0 Å². The highest BCUT2D eigenvalue weighted by molar-refractivity contribution is 7.89. The largest absolute Gasteiger partial charge is 0.395 e. The molecule has 0 aliphatic carbocycles. The van der Waals surface area contributed by atoms with Crippen molar-refractivity contribution in [3.8, 4) is 11.1 Å². The molecule has 6 nitrogen and oxygen atoms in total. The average molecular weight is 424 g/mol. The van der Waals surface area contributed by atoms with Gasteiger partial charge in [-0.15, -0.1) is 0 Å². The summed E-state index contributed by atoms with van der Waals surface area (Å²) in [6.45, 7) is 0.941. The van der Waals surface area contributed by atoms with Crippen molar-refractivity contribution in [1.29, 1.82) is 0 Å². The molecule has 1 saturated heterocycles. The highest BCUT2D eigenvalue weighted by Crippen LogP contribution is 2.27. The molecule has 0 spiro atoms. The Morgan fingerprint density at radius 3 is 2.60 bits per heavy atom. The lowest BCUT2D eigenvalue weighted by Gasteiger charge is -2.22. The number of anilines is 1. The Morgan fingerprint density at radius 2 is 1.87 bits per heavy atom. The summed E-state index contributed by atoms with van der Waals surface area (Å²) in [6, 6.07) is 18.7. The summed E-state index contributed by atoms with van der Waals surface area (Å²) in [5, 5.41) is 12.8. The lowest BCUT2D eigenvalue weighted by atomic mass is 10.0. The van der Waals surface area contributed by atoms with E-state index in [0.29, 0.717) is 19.5 Å². The SMILES string of the molecule is O=S(=O)(c1ccc(NCc2cccc(-c3cccnc3)c2)cc1)N1CCCC1CO. The van der Waals surface area contributed by atoms with E-state index >= 15 is 0 Å². The Hall–Kier alpha value is -2.74. The standard InChI is InChI=1S/C23H25N3O3S/c27-17-22-7-3-13-26(22)30(28,29)23-10-8-21(9-11-23)25-15-18-4-1-5-19(14-18)20-6-2-12-24-16-20/h1-2,4-6,8-12,14,16,22,25,27H,3,7,13,15,17H2. The van der Waals surface area contributed by atoms with Crippen LogP contribution in [0.15, 0.2) is 78.0 Å². The van der Waals surface area contributed by atoms with Crippen LogP contribution in [0.1, 0.15) is 18.4 Å². The Labute approximate surface area is 177 Å². The summed E-state index contributed by atoms with van der Waals surface area (Å²) in [7, 11) is -3.58. The van der Waals surface area contributed by atoms with Crippen molar-refractivity contribution in [1.82, 2.24) is 9.29 Å². The molecule has 156 valence electrons. The third-order valence-electron chi connectivity index (χ3n) is 5.41. The molecule has 1 atom stereocenters. The second kappa shape index (κ2) is 8.95. The predicted octanol–water partition coefficient (Wildman–Crippen LogP) is 3.51. The van der Waals surface area contributed by atoms with Crippen LogP contribution in [-0.4, -0.2) is 42.0 Å². The molecule has 0 amide bonds. The van der Waals surface area contributed by atoms with Gasteiger partial charge in [0, 0.05) is 37.2 Å². The van der Waals surface area contributed by atoms with E-state index in [2.05, 4.69) is 22.4 Å². The third kappa shape index (κ3) is 4.38. The van der Waals surface area contributed by atoms with Crippen LogP contribution in [-0.2, 0) is 16.6 Å². The van der Waals surface area contributed by atoms with E-state index in [1.807, 2.05) is 30.5 Å². The van der Waals surface area contributed by atoms with Crippen LogP contribution in [0.25, 0.3) is 11.1 Å². The molecule has 0 saturated carbocycles. The molecule has 3 aromatic rings. The molecule has 1 aromatic heterocycles. The maximum atomic E-state index is 12.9. The maximum absolute atomic E-state index is 12.9. The molecular weight excluding hydrogens is 398 g/mol. The summed E-state index contributed by atoms with van der Waals surface area (Å²) in [6.07, 6.45) is 5.08. The zero-order valence-electron chi connectivity index (χ0n) is 16.6. The van der Waals surface area contributed by atoms with Gasteiger partial charge in [0.2, 0.25) is 10.0 Å². The fourth-order valence-corrected chi connectivity index (χ4v) is 5.47. The fraction of sp³-hybridized carbons (Fsp3) is 0.261. The molecule has 1 aliphatic rings. The second-order valence-electron chi connectivity index (χ2n) is 7.41. The van der Waals surface area contributed by atoms with Gasteiger partial charge in [-0.25, -0.2) is 8.42 Å². The second-order valence-corrected chi connectivity index (χ2v) is 9.30. The average Bonchev–Trinajstić information content (AvgIpc) is 3.29. The van der Waals surface area contributed by atoms with Crippen molar-refractivity contribution >= 4 is 15.7 Å². The Balaban J connectivity index is 1.43. The van der Waals surface area contributed by atoms with Crippen LogP contribution in [0.2, 0.25) is 0 Å². The van der Waals surface area contributed by atoms with Crippen LogP contribution >= 0.6 is 0 Å². The Morgan fingerprint density at radius 1 is 1.07 bits per heavy atom. The van der Waals surface area contributed by atoms with Crippen molar-refractivity contribution in [3.05, 3.63) is 78.6 Å². The van der Waals surface area contributed by atoms with E-state index < -0.39 is 10.0 Å². The predicted molar refractivity (Wildman–Crippen MR) is 117 cm³/mol. The van der Waals surface area contributed by atoms with E-state index in [9.17, 15) is 13.5 Å². The minimum Gasteiger partial charge on any atom is -0.395 e. The molecule has 2 N–H and O–H groups in total. The molecule has 0 radical (unpaired) electrons. The van der Waals surface area contributed by atoms with Gasteiger partial charge in [0.25, 0.3) is 0 Å². The number of rotatable bonds is 7. The molecular formula is C23H25N3O3S. The van der Waals surface area contributed by atoms with E-state index in [1.54, 1.807) is 30.5 Å². The van der Waals surface area contributed by atoms with Gasteiger partial charge in [0.1, 0.15) is 0 Å². The zero-order chi connectivity index (χ0) is 21.0. The molecule has 1 unspecified atom stereocenters. The van der Waals surface area contributed by atoms with Gasteiger partial charge in [0.15, 0.2) is 0 Å².